The van der Waals surface area contributed by atoms with E-state index in [9.17, 15) is 18.7 Å². The zero-order valence-corrected chi connectivity index (χ0v) is 8.54. The molecule has 4 nitrogen and oxygen atoms in total. The van der Waals surface area contributed by atoms with Crippen LogP contribution in [0, 0.1) is 0 Å². The van der Waals surface area contributed by atoms with Crippen molar-refractivity contribution in [2.24, 2.45) is 0 Å². The fourth-order valence-electron chi connectivity index (χ4n) is 1.77. The molecule has 1 rings (SSSR count). The predicted molar refractivity (Wildman–Crippen MR) is 48.9 cm³/mol. The maximum Gasteiger partial charge on any atom is 0.377 e. The molecule has 0 spiro atoms. The normalized spacial score (nSPS) is 29.9. The van der Waals surface area contributed by atoms with Crippen molar-refractivity contribution in [2.75, 3.05) is 20.1 Å². The first kappa shape index (κ1) is 12.3. The van der Waals surface area contributed by atoms with Crippen molar-refractivity contribution < 1.29 is 23.8 Å². The van der Waals surface area contributed by atoms with Gasteiger partial charge in [0.1, 0.15) is 5.60 Å². The second kappa shape index (κ2) is 4.02. The molecule has 1 atom stereocenters. The van der Waals surface area contributed by atoms with Crippen LogP contribution >= 0.6 is 0 Å². The number of nitrogens with zero attached hydrogens (tertiary/aromatic N) is 1. The first-order chi connectivity index (χ1) is 6.79. The van der Waals surface area contributed by atoms with Gasteiger partial charge >= 0.3 is 11.9 Å². The van der Waals surface area contributed by atoms with Gasteiger partial charge in [-0.1, -0.05) is 0 Å². The maximum absolute atomic E-state index is 13.3. The van der Waals surface area contributed by atoms with E-state index >= 15 is 0 Å². The Bertz CT molecular complexity index is 260. The molecule has 0 saturated carbocycles. The molecule has 1 saturated heterocycles. The molecule has 1 aliphatic heterocycles. The molecular weight excluding hydrogens is 208 g/mol. The van der Waals surface area contributed by atoms with Crippen molar-refractivity contribution >= 4 is 5.97 Å². The van der Waals surface area contributed by atoms with Crippen molar-refractivity contribution in [3.8, 4) is 0 Å². The van der Waals surface area contributed by atoms with E-state index < -0.39 is 17.5 Å². The number of carbonyl (C=O) groups is 1. The lowest BCUT2D eigenvalue weighted by Gasteiger charge is -2.31. The molecule has 0 aliphatic carbocycles. The molecular formula is C9H15F2NO3. The molecule has 1 aliphatic rings. The highest BCUT2D eigenvalue weighted by molar-refractivity contribution is 5.77. The molecule has 0 aromatic carbocycles. The molecule has 1 fully saturated rings. The number of hydrogen-bond donors (Lipinski definition) is 2. The molecule has 0 aromatic rings. The summed E-state index contributed by atoms with van der Waals surface area (Å²) in [6.45, 7) is 0.872. The topological polar surface area (TPSA) is 60.8 Å². The number of hydrogen-bond acceptors (Lipinski definition) is 3. The zero-order chi connectivity index (χ0) is 11.7. The highest BCUT2D eigenvalue weighted by Gasteiger charge is 2.58. The summed E-state index contributed by atoms with van der Waals surface area (Å²) in [6, 6.07) is 0. The van der Waals surface area contributed by atoms with Crippen LogP contribution in [0.15, 0.2) is 0 Å². The summed E-state index contributed by atoms with van der Waals surface area (Å²) < 4.78 is 26.5. The van der Waals surface area contributed by atoms with Crippen molar-refractivity contribution in [2.45, 2.75) is 30.8 Å². The molecule has 0 radical (unpaired) electrons. The van der Waals surface area contributed by atoms with E-state index in [1.165, 1.54) is 0 Å². The van der Waals surface area contributed by atoms with Gasteiger partial charge in [-0.15, -0.1) is 0 Å². The summed E-state index contributed by atoms with van der Waals surface area (Å²) in [4.78, 5) is 12.2. The van der Waals surface area contributed by atoms with Crippen LogP contribution in [0.4, 0.5) is 8.78 Å². The zero-order valence-electron chi connectivity index (χ0n) is 8.54. The van der Waals surface area contributed by atoms with Crippen LogP contribution in [0.5, 0.6) is 0 Å². The Morgan fingerprint density at radius 2 is 2.00 bits per heavy atom. The minimum absolute atomic E-state index is 0.184. The lowest BCUT2D eigenvalue weighted by Crippen LogP contribution is -2.53. The molecule has 88 valence electrons. The highest BCUT2D eigenvalue weighted by Crippen LogP contribution is 2.37. The fourth-order valence-corrected chi connectivity index (χ4v) is 1.77. The quantitative estimate of drug-likeness (QED) is 0.717. The van der Waals surface area contributed by atoms with E-state index in [0.717, 1.165) is 0 Å². The number of rotatable bonds is 2. The van der Waals surface area contributed by atoms with Gasteiger partial charge in [-0.05, 0) is 32.9 Å². The van der Waals surface area contributed by atoms with Crippen molar-refractivity contribution in [1.82, 2.24) is 4.90 Å². The standard InChI is InChI=1S/C9H15F2NO3/c1-12-5-2-3-8(15,4-6-12)9(10,11)7(13)14/h15H,2-6H2,1H3,(H,13,14). The van der Waals surface area contributed by atoms with Crippen molar-refractivity contribution in [1.29, 1.82) is 0 Å². The molecule has 15 heavy (non-hydrogen) atoms. The Hall–Kier alpha value is -0.750. The van der Waals surface area contributed by atoms with E-state index in [2.05, 4.69) is 0 Å². The van der Waals surface area contributed by atoms with Gasteiger partial charge in [0.25, 0.3) is 0 Å². The minimum Gasteiger partial charge on any atom is -0.477 e. The van der Waals surface area contributed by atoms with Crippen LogP contribution in [0.3, 0.4) is 0 Å². The second-order valence-electron chi connectivity index (χ2n) is 4.07. The third-order valence-electron chi connectivity index (χ3n) is 2.89. The number of aliphatic hydroxyl groups is 1. The number of carboxylic acid groups (broad SMARTS) is 1. The smallest absolute Gasteiger partial charge is 0.377 e. The number of alkyl halides is 2. The van der Waals surface area contributed by atoms with E-state index in [1.54, 1.807) is 11.9 Å². The fraction of sp³-hybridized carbons (Fsp3) is 0.889. The summed E-state index contributed by atoms with van der Waals surface area (Å²) in [7, 11) is 1.75. The Morgan fingerprint density at radius 3 is 2.53 bits per heavy atom. The van der Waals surface area contributed by atoms with Crippen LogP contribution in [-0.4, -0.2) is 52.7 Å². The third-order valence-corrected chi connectivity index (χ3v) is 2.89. The number of halogens is 2. The van der Waals surface area contributed by atoms with Gasteiger partial charge in [0.05, 0.1) is 0 Å². The largest absolute Gasteiger partial charge is 0.477 e. The van der Waals surface area contributed by atoms with Gasteiger partial charge in [-0.3, -0.25) is 0 Å². The van der Waals surface area contributed by atoms with E-state index in [0.29, 0.717) is 13.0 Å². The number of aliphatic carboxylic acids is 1. The van der Waals surface area contributed by atoms with Gasteiger partial charge in [-0.25, -0.2) is 4.79 Å². The average Bonchev–Trinajstić information content (AvgIpc) is 2.29. The molecule has 6 heteroatoms. The summed E-state index contributed by atoms with van der Waals surface area (Å²) >= 11 is 0. The molecule has 0 aromatic heterocycles. The van der Waals surface area contributed by atoms with Crippen molar-refractivity contribution in [3.05, 3.63) is 0 Å². The van der Waals surface area contributed by atoms with Crippen molar-refractivity contribution in [3.63, 3.8) is 0 Å². The van der Waals surface area contributed by atoms with Crippen LogP contribution < -0.4 is 0 Å². The second-order valence-corrected chi connectivity index (χ2v) is 4.07. The summed E-state index contributed by atoms with van der Waals surface area (Å²) in [6.07, 6.45) is -0.0324. The lowest BCUT2D eigenvalue weighted by atomic mass is 9.88. The summed E-state index contributed by atoms with van der Waals surface area (Å²) in [5, 5.41) is 18.1. The molecule has 2 N–H and O–H groups in total. The van der Waals surface area contributed by atoms with E-state index in [1.807, 2.05) is 0 Å². The van der Waals surface area contributed by atoms with Gasteiger partial charge in [0.15, 0.2) is 0 Å². The average molecular weight is 223 g/mol. The van der Waals surface area contributed by atoms with Crippen LogP contribution in [0.25, 0.3) is 0 Å². The Labute approximate surface area is 86.5 Å². The van der Waals surface area contributed by atoms with Crippen LogP contribution in [0.1, 0.15) is 19.3 Å². The van der Waals surface area contributed by atoms with Crippen LogP contribution in [0.2, 0.25) is 0 Å². The lowest BCUT2D eigenvalue weighted by molar-refractivity contribution is -0.211. The SMILES string of the molecule is CN1CCCC(O)(C(F)(F)C(=O)O)CC1. The van der Waals surface area contributed by atoms with Gasteiger partial charge in [-0.2, -0.15) is 8.78 Å². The Balaban J connectivity index is 2.85. The van der Waals surface area contributed by atoms with Crippen LogP contribution in [-0.2, 0) is 4.79 Å². The molecule has 1 unspecified atom stereocenters. The van der Waals surface area contributed by atoms with Gasteiger partial charge < -0.3 is 15.1 Å². The number of carboxylic acids is 1. The minimum atomic E-state index is -4.07. The predicted octanol–water partition coefficient (Wildman–Crippen LogP) is 0.553. The third kappa shape index (κ3) is 2.26. The molecule has 0 amide bonds. The first-order valence-electron chi connectivity index (χ1n) is 4.82. The monoisotopic (exact) mass is 223 g/mol. The van der Waals surface area contributed by atoms with Gasteiger partial charge in [0, 0.05) is 6.54 Å². The van der Waals surface area contributed by atoms with E-state index in [4.69, 9.17) is 5.11 Å². The summed E-state index contributed by atoms with van der Waals surface area (Å²) in [5.74, 6) is -6.33. The highest BCUT2D eigenvalue weighted by atomic mass is 19.3. The van der Waals surface area contributed by atoms with E-state index in [-0.39, 0.29) is 19.4 Å². The first-order valence-corrected chi connectivity index (χ1v) is 4.82. The molecule has 0 bridgehead atoms. The molecule has 1 heterocycles. The summed E-state index contributed by atoms with van der Waals surface area (Å²) in [5.41, 5.74) is -2.41. The maximum atomic E-state index is 13.3. The van der Waals surface area contributed by atoms with Gasteiger partial charge in [0.2, 0.25) is 0 Å². The number of likely N-dealkylation sites (tertiary alicyclic amines) is 1. The Kier molecular flexibility index (Phi) is 3.30. The Morgan fingerprint density at radius 1 is 1.40 bits per heavy atom.